The summed E-state index contributed by atoms with van der Waals surface area (Å²) in [4.78, 5) is 21.3. The van der Waals surface area contributed by atoms with Gasteiger partial charge in [-0.2, -0.15) is 0 Å². The summed E-state index contributed by atoms with van der Waals surface area (Å²) in [6.07, 6.45) is 1.48. The highest BCUT2D eigenvalue weighted by Gasteiger charge is 2.16. The number of aromatic nitrogens is 2. The number of nitrogens with one attached hydrogen (secondary N) is 2. The molecule has 0 atom stereocenters. The molecular formula is C24H20N4O5. The van der Waals surface area contributed by atoms with Crippen LogP contribution in [0, 0.1) is 0 Å². The van der Waals surface area contributed by atoms with Crippen LogP contribution in [-0.4, -0.2) is 36.9 Å². The van der Waals surface area contributed by atoms with E-state index in [2.05, 4.69) is 20.6 Å². The number of carbonyl (C=O) groups excluding carboxylic acids is 1. The largest absolute Gasteiger partial charge is 0.493 e. The molecule has 2 heterocycles. The van der Waals surface area contributed by atoms with Gasteiger partial charge < -0.3 is 29.6 Å². The number of rotatable bonds is 6. The standard InChI is InChI=1S/C24H20N4O5/c1-30-20-10-17-18(11-21(20)31-2)25-12-26-23(17)27-15-4-6-16(7-5-15)28-24(29)14-3-8-19-22(9-14)33-13-32-19/h3-12H,13H2,1-2H3,(H,28,29)(H,25,26,27). The van der Waals surface area contributed by atoms with Gasteiger partial charge in [0.15, 0.2) is 23.0 Å². The molecule has 1 aliphatic heterocycles. The number of ether oxygens (including phenoxy) is 4. The molecule has 0 unspecified atom stereocenters. The average molecular weight is 444 g/mol. The second kappa shape index (κ2) is 8.54. The van der Waals surface area contributed by atoms with Crippen molar-refractivity contribution in [2.24, 2.45) is 0 Å². The average Bonchev–Trinajstić information content (AvgIpc) is 3.32. The van der Waals surface area contributed by atoms with E-state index in [1.807, 2.05) is 18.2 Å². The van der Waals surface area contributed by atoms with E-state index in [9.17, 15) is 4.79 Å². The highest BCUT2D eigenvalue weighted by molar-refractivity contribution is 6.04. The Kier molecular flexibility index (Phi) is 5.27. The van der Waals surface area contributed by atoms with Crippen molar-refractivity contribution in [3.63, 3.8) is 0 Å². The summed E-state index contributed by atoms with van der Waals surface area (Å²) < 4.78 is 21.4. The zero-order valence-electron chi connectivity index (χ0n) is 17.9. The molecule has 5 rings (SSSR count). The molecule has 0 fully saturated rings. The third-order valence-corrected chi connectivity index (χ3v) is 5.18. The summed E-state index contributed by atoms with van der Waals surface area (Å²) in [7, 11) is 3.16. The molecule has 0 bridgehead atoms. The van der Waals surface area contributed by atoms with Crippen LogP contribution < -0.4 is 29.6 Å². The maximum atomic E-state index is 12.6. The number of fused-ring (bicyclic) bond motifs is 2. The topological polar surface area (TPSA) is 104 Å². The van der Waals surface area contributed by atoms with Gasteiger partial charge in [0.05, 0.1) is 19.7 Å². The van der Waals surface area contributed by atoms with Gasteiger partial charge in [0.1, 0.15) is 12.1 Å². The van der Waals surface area contributed by atoms with Gasteiger partial charge in [-0.3, -0.25) is 4.79 Å². The maximum Gasteiger partial charge on any atom is 0.255 e. The van der Waals surface area contributed by atoms with Gasteiger partial charge >= 0.3 is 0 Å². The van der Waals surface area contributed by atoms with E-state index in [-0.39, 0.29) is 12.7 Å². The van der Waals surface area contributed by atoms with E-state index < -0.39 is 0 Å². The van der Waals surface area contributed by atoms with Crippen LogP contribution in [0.4, 0.5) is 17.2 Å². The number of benzene rings is 3. The van der Waals surface area contributed by atoms with Gasteiger partial charge in [-0.1, -0.05) is 0 Å². The van der Waals surface area contributed by atoms with Gasteiger partial charge in [-0.25, -0.2) is 9.97 Å². The van der Waals surface area contributed by atoms with Crippen LogP contribution in [0.2, 0.25) is 0 Å². The van der Waals surface area contributed by atoms with Crippen LogP contribution in [0.25, 0.3) is 10.9 Å². The Morgan fingerprint density at radius 3 is 2.39 bits per heavy atom. The number of methoxy groups -OCH3 is 2. The summed E-state index contributed by atoms with van der Waals surface area (Å²) in [6.45, 7) is 0.164. The molecule has 0 saturated carbocycles. The van der Waals surface area contributed by atoms with E-state index in [1.165, 1.54) is 6.33 Å². The summed E-state index contributed by atoms with van der Waals surface area (Å²) in [6, 6.07) is 16.0. The Bertz CT molecular complexity index is 1340. The maximum absolute atomic E-state index is 12.6. The van der Waals surface area contributed by atoms with Gasteiger partial charge in [0.25, 0.3) is 5.91 Å². The van der Waals surface area contributed by atoms with Crippen molar-refractivity contribution < 1.29 is 23.7 Å². The third kappa shape index (κ3) is 4.03. The van der Waals surface area contributed by atoms with E-state index in [0.29, 0.717) is 40.1 Å². The fourth-order valence-electron chi connectivity index (χ4n) is 3.50. The SMILES string of the molecule is COc1cc2ncnc(Nc3ccc(NC(=O)c4ccc5c(c4)OCO5)cc3)c2cc1OC. The van der Waals surface area contributed by atoms with E-state index in [0.717, 1.165) is 16.6 Å². The molecule has 1 amide bonds. The minimum Gasteiger partial charge on any atom is -0.493 e. The first kappa shape index (κ1) is 20.4. The van der Waals surface area contributed by atoms with Gasteiger partial charge in [-0.15, -0.1) is 0 Å². The van der Waals surface area contributed by atoms with Gasteiger partial charge in [0.2, 0.25) is 6.79 Å². The molecule has 0 saturated heterocycles. The van der Waals surface area contributed by atoms with Crippen molar-refractivity contribution in [3.05, 3.63) is 66.5 Å². The van der Waals surface area contributed by atoms with Crippen LogP contribution in [0.15, 0.2) is 60.9 Å². The molecule has 166 valence electrons. The Morgan fingerprint density at radius 1 is 0.879 bits per heavy atom. The fourth-order valence-corrected chi connectivity index (χ4v) is 3.50. The summed E-state index contributed by atoms with van der Waals surface area (Å²) >= 11 is 0. The normalized spacial score (nSPS) is 11.8. The summed E-state index contributed by atoms with van der Waals surface area (Å²) in [5.41, 5.74) is 2.66. The predicted molar refractivity (Wildman–Crippen MR) is 123 cm³/mol. The van der Waals surface area contributed by atoms with Gasteiger partial charge in [0, 0.05) is 28.4 Å². The van der Waals surface area contributed by atoms with Crippen molar-refractivity contribution in [2.45, 2.75) is 0 Å². The monoisotopic (exact) mass is 444 g/mol. The zero-order valence-corrected chi connectivity index (χ0v) is 17.9. The number of hydrogen-bond donors (Lipinski definition) is 2. The van der Waals surface area contributed by atoms with Crippen LogP contribution in [0.1, 0.15) is 10.4 Å². The highest BCUT2D eigenvalue weighted by Crippen LogP contribution is 2.35. The van der Waals surface area contributed by atoms with E-state index >= 15 is 0 Å². The van der Waals surface area contributed by atoms with Crippen LogP contribution >= 0.6 is 0 Å². The molecule has 0 spiro atoms. The first-order valence-electron chi connectivity index (χ1n) is 10.1. The molecule has 9 heteroatoms. The van der Waals surface area contributed by atoms with Crippen molar-refractivity contribution >= 4 is 34.0 Å². The Balaban J connectivity index is 1.33. The molecule has 0 radical (unpaired) electrons. The van der Waals surface area contributed by atoms with Crippen molar-refractivity contribution in [1.29, 1.82) is 0 Å². The number of amides is 1. The summed E-state index contributed by atoms with van der Waals surface area (Å²) in [5, 5.41) is 6.95. The Labute approximate surface area is 189 Å². The lowest BCUT2D eigenvalue weighted by molar-refractivity contribution is 0.102. The molecule has 9 nitrogen and oxygen atoms in total. The highest BCUT2D eigenvalue weighted by atomic mass is 16.7. The number of carbonyl (C=O) groups is 1. The second-order valence-corrected chi connectivity index (χ2v) is 7.17. The molecule has 3 aromatic carbocycles. The lowest BCUT2D eigenvalue weighted by Gasteiger charge is -2.12. The van der Waals surface area contributed by atoms with Crippen LogP contribution in [0.5, 0.6) is 23.0 Å². The molecule has 2 N–H and O–H groups in total. The molecule has 1 aliphatic rings. The molecule has 33 heavy (non-hydrogen) atoms. The third-order valence-electron chi connectivity index (χ3n) is 5.18. The van der Waals surface area contributed by atoms with Crippen molar-refractivity contribution in [2.75, 3.05) is 31.6 Å². The minimum atomic E-state index is -0.239. The first-order chi connectivity index (χ1) is 16.1. The van der Waals surface area contributed by atoms with Gasteiger partial charge in [-0.05, 0) is 48.5 Å². The Morgan fingerprint density at radius 2 is 1.61 bits per heavy atom. The molecular weight excluding hydrogens is 424 g/mol. The number of anilines is 3. The summed E-state index contributed by atoms with van der Waals surface area (Å²) in [5.74, 6) is 2.76. The van der Waals surface area contributed by atoms with Crippen LogP contribution in [0.3, 0.4) is 0 Å². The molecule has 0 aliphatic carbocycles. The lowest BCUT2D eigenvalue weighted by Crippen LogP contribution is -2.11. The second-order valence-electron chi connectivity index (χ2n) is 7.17. The lowest BCUT2D eigenvalue weighted by atomic mass is 10.1. The smallest absolute Gasteiger partial charge is 0.255 e. The van der Waals surface area contributed by atoms with Crippen molar-refractivity contribution in [3.8, 4) is 23.0 Å². The van der Waals surface area contributed by atoms with E-state index in [4.69, 9.17) is 18.9 Å². The zero-order chi connectivity index (χ0) is 22.8. The van der Waals surface area contributed by atoms with Crippen LogP contribution in [-0.2, 0) is 0 Å². The first-order valence-corrected chi connectivity index (χ1v) is 10.1. The molecule has 1 aromatic heterocycles. The number of hydrogen-bond acceptors (Lipinski definition) is 8. The quantitative estimate of drug-likeness (QED) is 0.452. The Hall–Kier alpha value is -4.53. The number of nitrogens with zero attached hydrogens (tertiary/aromatic N) is 2. The van der Waals surface area contributed by atoms with E-state index in [1.54, 1.807) is 50.6 Å². The molecule has 4 aromatic rings. The van der Waals surface area contributed by atoms with Crippen molar-refractivity contribution in [1.82, 2.24) is 9.97 Å². The fraction of sp³-hybridized carbons (Fsp3) is 0.125. The predicted octanol–water partition coefficient (Wildman–Crippen LogP) is 4.37. The minimum absolute atomic E-state index is 0.164.